The average Bonchev–Trinajstić information content (AvgIpc) is 2.20. The van der Waals surface area contributed by atoms with Gasteiger partial charge in [0.1, 0.15) is 0 Å². The molecule has 2 nitrogen and oxygen atoms in total. The maximum Gasteiger partial charge on any atom is 0.0721 e. The first kappa shape index (κ1) is 9.94. The highest BCUT2D eigenvalue weighted by Crippen LogP contribution is 2.32. The van der Waals surface area contributed by atoms with Crippen LogP contribution in [0.5, 0.6) is 0 Å². The summed E-state index contributed by atoms with van der Waals surface area (Å²) in [4.78, 5) is 0. The second-order valence-corrected chi connectivity index (χ2v) is 4.34. The molecule has 0 heterocycles. The second kappa shape index (κ2) is 4.28. The Bertz CT molecular complexity index is 245. The van der Waals surface area contributed by atoms with Gasteiger partial charge in [0.15, 0.2) is 0 Å². The second-order valence-electron chi connectivity index (χ2n) is 4.34. The summed E-state index contributed by atoms with van der Waals surface area (Å²) in [5, 5.41) is 19.2. The molecule has 2 aliphatic rings. The molecular weight excluding hydrogens is 176 g/mol. The molecule has 2 N–H and O–H groups in total. The van der Waals surface area contributed by atoms with E-state index in [-0.39, 0.29) is 18.1 Å². The molecule has 4 atom stereocenters. The van der Waals surface area contributed by atoms with E-state index in [1.54, 1.807) is 0 Å². The zero-order chi connectivity index (χ0) is 9.97. The van der Waals surface area contributed by atoms with Gasteiger partial charge in [-0.1, -0.05) is 24.3 Å². The van der Waals surface area contributed by atoms with E-state index < -0.39 is 0 Å². The van der Waals surface area contributed by atoms with E-state index in [1.807, 2.05) is 6.08 Å². The van der Waals surface area contributed by atoms with Crippen LogP contribution in [0.15, 0.2) is 24.3 Å². The summed E-state index contributed by atoms with van der Waals surface area (Å²) < 4.78 is 0. The Morgan fingerprint density at radius 1 is 0.929 bits per heavy atom. The number of hydrogen-bond donors (Lipinski definition) is 2. The lowest BCUT2D eigenvalue weighted by Gasteiger charge is -2.31. The Morgan fingerprint density at radius 2 is 1.79 bits per heavy atom. The molecule has 2 aliphatic carbocycles. The monoisotopic (exact) mass is 194 g/mol. The van der Waals surface area contributed by atoms with Crippen molar-refractivity contribution in [3.8, 4) is 0 Å². The van der Waals surface area contributed by atoms with Gasteiger partial charge in [-0.25, -0.2) is 0 Å². The number of aliphatic hydroxyl groups is 2. The third kappa shape index (κ3) is 2.07. The van der Waals surface area contributed by atoms with Crippen molar-refractivity contribution in [2.24, 2.45) is 11.8 Å². The van der Waals surface area contributed by atoms with Crippen LogP contribution in [0.2, 0.25) is 0 Å². The molecule has 0 spiro atoms. The largest absolute Gasteiger partial charge is 0.392 e. The highest BCUT2D eigenvalue weighted by atomic mass is 16.3. The van der Waals surface area contributed by atoms with Crippen molar-refractivity contribution in [3.05, 3.63) is 24.3 Å². The topological polar surface area (TPSA) is 40.5 Å². The third-order valence-corrected chi connectivity index (χ3v) is 3.30. The van der Waals surface area contributed by atoms with Gasteiger partial charge in [0.2, 0.25) is 0 Å². The summed E-state index contributed by atoms with van der Waals surface area (Å²) in [6, 6.07) is 0. The quantitative estimate of drug-likeness (QED) is 0.623. The fraction of sp³-hybridized carbons (Fsp3) is 0.667. The van der Waals surface area contributed by atoms with Gasteiger partial charge < -0.3 is 10.2 Å². The predicted octanol–water partition coefficient (Wildman–Crippen LogP) is 1.64. The van der Waals surface area contributed by atoms with Crippen molar-refractivity contribution in [3.63, 3.8) is 0 Å². The molecule has 0 aromatic carbocycles. The highest BCUT2D eigenvalue weighted by Gasteiger charge is 2.27. The lowest BCUT2D eigenvalue weighted by molar-refractivity contribution is 0.0859. The van der Waals surface area contributed by atoms with E-state index in [9.17, 15) is 10.2 Å². The van der Waals surface area contributed by atoms with Crippen molar-refractivity contribution < 1.29 is 10.2 Å². The lowest BCUT2D eigenvalue weighted by atomic mass is 9.77. The van der Waals surface area contributed by atoms with E-state index in [1.165, 1.54) is 0 Å². The van der Waals surface area contributed by atoms with Crippen LogP contribution in [-0.4, -0.2) is 22.4 Å². The average molecular weight is 194 g/mol. The molecule has 2 heteroatoms. The normalized spacial score (nSPS) is 42.7. The smallest absolute Gasteiger partial charge is 0.0721 e. The summed E-state index contributed by atoms with van der Waals surface area (Å²) in [7, 11) is 0. The van der Waals surface area contributed by atoms with Crippen LogP contribution in [0.3, 0.4) is 0 Å². The van der Waals surface area contributed by atoms with Gasteiger partial charge in [0, 0.05) is 5.92 Å². The molecule has 0 aromatic heterocycles. The molecule has 4 unspecified atom stereocenters. The Labute approximate surface area is 85.0 Å². The highest BCUT2D eigenvalue weighted by molar-refractivity contribution is 5.08. The first-order valence-corrected chi connectivity index (χ1v) is 5.48. The van der Waals surface area contributed by atoms with Crippen molar-refractivity contribution in [2.75, 3.05) is 0 Å². The van der Waals surface area contributed by atoms with Crippen LogP contribution in [-0.2, 0) is 0 Å². The Balaban J connectivity index is 2.03. The van der Waals surface area contributed by atoms with Crippen LogP contribution >= 0.6 is 0 Å². The standard InChI is InChI=1S/C12H18O2/c13-10-7-5-9(6-8-10)11-3-1-2-4-12(11)14/h1,3,5,7,9-14H,2,4,6,8H2. The van der Waals surface area contributed by atoms with Gasteiger partial charge in [-0.15, -0.1) is 0 Å². The zero-order valence-electron chi connectivity index (χ0n) is 8.34. The van der Waals surface area contributed by atoms with Crippen LogP contribution in [0, 0.1) is 11.8 Å². The number of allylic oxidation sites excluding steroid dienone is 2. The van der Waals surface area contributed by atoms with Gasteiger partial charge in [0.25, 0.3) is 0 Å². The van der Waals surface area contributed by atoms with Crippen LogP contribution in [0.25, 0.3) is 0 Å². The molecule has 0 aromatic rings. The third-order valence-electron chi connectivity index (χ3n) is 3.30. The van der Waals surface area contributed by atoms with Gasteiger partial charge in [-0.3, -0.25) is 0 Å². The van der Waals surface area contributed by atoms with Crippen molar-refractivity contribution in [1.82, 2.24) is 0 Å². The number of rotatable bonds is 1. The van der Waals surface area contributed by atoms with Gasteiger partial charge in [-0.05, 0) is 31.6 Å². The fourth-order valence-electron chi connectivity index (χ4n) is 2.42. The molecule has 0 amide bonds. The van der Waals surface area contributed by atoms with E-state index in [0.29, 0.717) is 5.92 Å². The Hall–Kier alpha value is -0.600. The summed E-state index contributed by atoms with van der Waals surface area (Å²) in [6.07, 6.45) is 11.5. The van der Waals surface area contributed by atoms with Crippen LogP contribution < -0.4 is 0 Å². The van der Waals surface area contributed by atoms with Crippen LogP contribution in [0.1, 0.15) is 25.7 Å². The number of aliphatic hydroxyl groups excluding tert-OH is 2. The van der Waals surface area contributed by atoms with Gasteiger partial charge >= 0.3 is 0 Å². The van der Waals surface area contributed by atoms with Gasteiger partial charge in [0.05, 0.1) is 12.2 Å². The molecule has 0 saturated carbocycles. The molecule has 78 valence electrons. The molecule has 0 bridgehead atoms. The lowest BCUT2D eigenvalue weighted by Crippen LogP contribution is -2.29. The molecule has 0 saturated heterocycles. The number of hydrogen-bond acceptors (Lipinski definition) is 2. The summed E-state index contributed by atoms with van der Waals surface area (Å²) in [6.45, 7) is 0. The maximum atomic E-state index is 9.84. The predicted molar refractivity (Wildman–Crippen MR) is 55.7 cm³/mol. The minimum Gasteiger partial charge on any atom is -0.392 e. The first-order valence-electron chi connectivity index (χ1n) is 5.48. The zero-order valence-corrected chi connectivity index (χ0v) is 8.34. The van der Waals surface area contributed by atoms with Crippen molar-refractivity contribution in [1.29, 1.82) is 0 Å². The fourth-order valence-corrected chi connectivity index (χ4v) is 2.42. The van der Waals surface area contributed by atoms with Crippen molar-refractivity contribution >= 4 is 0 Å². The van der Waals surface area contributed by atoms with E-state index in [2.05, 4.69) is 18.2 Å². The Kier molecular flexibility index (Phi) is 3.04. The van der Waals surface area contributed by atoms with Crippen LogP contribution in [0.4, 0.5) is 0 Å². The summed E-state index contributed by atoms with van der Waals surface area (Å²) in [5.41, 5.74) is 0. The van der Waals surface area contributed by atoms with E-state index >= 15 is 0 Å². The van der Waals surface area contributed by atoms with Gasteiger partial charge in [-0.2, -0.15) is 0 Å². The molecule has 0 aliphatic heterocycles. The molecule has 0 fully saturated rings. The Morgan fingerprint density at radius 3 is 2.43 bits per heavy atom. The maximum absolute atomic E-state index is 9.84. The molecular formula is C12H18O2. The van der Waals surface area contributed by atoms with Crippen molar-refractivity contribution in [2.45, 2.75) is 37.9 Å². The summed E-state index contributed by atoms with van der Waals surface area (Å²) >= 11 is 0. The van der Waals surface area contributed by atoms with E-state index in [4.69, 9.17) is 0 Å². The molecule has 14 heavy (non-hydrogen) atoms. The molecule has 0 radical (unpaired) electrons. The molecule has 2 rings (SSSR count). The van der Waals surface area contributed by atoms with E-state index in [0.717, 1.165) is 25.7 Å². The first-order chi connectivity index (χ1) is 6.77. The summed E-state index contributed by atoms with van der Waals surface area (Å²) in [5.74, 6) is 0.692. The minimum atomic E-state index is -0.268. The minimum absolute atomic E-state index is 0.190. The SMILES string of the molecule is OC1C=CC(C2C=CCCC2O)CC1.